The van der Waals surface area contributed by atoms with Crippen LogP contribution in [0, 0.1) is 0 Å². The molecule has 0 radical (unpaired) electrons. The molecular weight excluding hydrogens is 275 g/mol. The van der Waals surface area contributed by atoms with Gasteiger partial charge in [-0.15, -0.1) is 23.2 Å². The highest BCUT2D eigenvalue weighted by Crippen LogP contribution is 2.07. The second kappa shape index (κ2) is 7.88. The van der Waals surface area contributed by atoms with E-state index in [4.69, 9.17) is 23.2 Å². The minimum Gasteiger partial charge on any atom is -0.386 e. The summed E-state index contributed by atoms with van der Waals surface area (Å²) in [7, 11) is 8.31. The van der Waals surface area contributed by atoms with Gasteiger partial charge < -0.3 is 19.2 Å². The van der Waals surface area contributed by atoms with E-state index in [1.54, 1.807) is 0 Å². The summed E-state index contributed by atoms with van der Waals surface area (Å²) in [6.07, 6.45) is -0.934. The summed E-state index contributed by atoms with van der Waals surface area (Å²) >= 11 is 11.2. The van der Waals surface area contributed by atoms with Crippen LogP contribution in [0.1, 0.15) is 0 Å². The van der Waals surface area contributed by atoms with E-state index >= 15 is 0 Å². The van der Waals surface area contributed by atoms with Gasteiger partial charge in [0.1, 0.15) is 38.4 Å². The molecule has 0 bridgehead atoms. The average molecular weight is 303 g/mol. The van der Waals surface area contributed by atoms with Gasteiger partial charge in [0.25, 0.3) is 0 Å². The van der Waals surface area contributed by atoms with Crippen molar-refractivity contribution in [3.8, 4) is 0 Å². The van der Waals surface area contributed by atoms with Crippen LogP contribution in [0.4, 0.5) is 0 Å². The van der Waals surface area contributed by atoms with Crippen molar-refractivity contribution in [1.82, 2.24) is 0 Å². The molecule has 2 N–H and O–H groups in total. The molecule has 0 aromatic carbocycles. The quantitative estimate of drug-likeness (QED) is 0.476. The van der Waals surface area contributed by atoms with Crippen molar-refractivity contribution >= 4 is 23.2 Å². The van der Waals surface area contributed by atoms with Crippen molar-refractivity contribution < 1.29 is 19.2 Å². The number of hydrogen-bond acceptors (Lipinski definition) is 2. The maximum absolute atomic E-state index is 9.60. The summed E-state index contributed by atoms with van der Waals surface area (Å²) in [4.78, 5) is 0. The fourth-order valence-electron chi connectivity index (χ4n) is 1.96. The number of quaternary nitrogens is 2. The molecule has 0 fully saturated rings. The topological polar surface area (TPSA) is 40.5 Å². The van der Waals surface area contributed by atoms with E-state index in [-0.39, 0.29) is 11.8 Å². The molecule has 0 aliphatic rings. The Labute approximate surface area is 121 Å². The van der Waals surface area contributed by atoms with Crippen LogP contribution in [0.3, 0.4) is 0 Å². The monoisotopic (exact) mass is 302 g/mol. The highest BCUT2D eigenvalue weighted by atomic mass is 35.5. The Morgan fingerprint density at radius 1 is 0.778 bits per heavy atom. The molecule has 18 heavy (non-hydrogen) atoms. The van der Waals surface area contributed by atoms with Crippen molar-refractivity contribution in [2.24, 2.45) is 0 Å². The minimum atomic E-state index is -0.467. The van der Waals surface area contributed by atoms with Crippen molar-refractivity contribution in [3.05, 3.63) is 0 Å². The fraction of sp³-hybridized carbons (Fsp3) is 1.00. The zero-order valence-electron chi connectivity index (χ0n) is 11.9. The molecule has 0 saturated carbocycles. The number of nitrogens with zero attached hydrogens (tertiary/aromatic N) is 2. The van der Waals surface area contributed by atoms with Gasteiger partial charge in [-0.05, 0) is 0 Å². The lowest BCUT2D eigenvalue weighted by Crippen LogP contribution is -2.55. The highest BCUT2D eigenvalue weighted by molar-refractivity contribution is 6.18. The zero-order valence-corrected chi connectivity index (χ0v) is 13.5. The van der Waals surface area contributed by atoms with Crippen molar-refractivity contribution in [2.75, 3.05) is 66.1 Å². The molecule has 0 aromatic rings. The van der Waals surface area contributed by atoms with E-state index in [0.29, 0.717) is 22.1 Å². The summed E-state index contributed by atoms with van der Waals surface area (Å²) in [5.74, 6) is 0.537. The summed E-state index contributed by atoms with van der Waals surface area (Å²) < 4.78 is 1.43. The Kier molecular flexibility index (Phi) is 8.06. The van der Waals surface area contributed by atoms with Crippen LogP contribution in [-0.2, 0) is 0 Å². The van der Waals surface area contributed by atoms with E-state index in [9.17, 15) is 10.2 Å². The van der Waals surface area contributed by atoms with Crippen LogP contribution < -0.4 is 0 Å². The van der Waals surface area contributed by atoms with Gasteiger partial charge in [-0.3, -0.25) is 0 Å². The molecular formula is C12H28Cl2N2O2+2. The standard InChI is InChI=1S/C12H28Cl2N2O2/c1-15(2,9-11(17)7-13)5-6-16(3,4)10-12(18)8-14/h11-12,17-18H,5-10H2,1-4H3/q+2. The first-order valence-electron chi connectivity index (χ1n) is 6.24. The molecule has 2 atom stereocenters. The van der Waals surface area contributed by atoms with Crippen LogP contribution in [0.25, 0.3) is 0 Å². The first-order valence-corrected chi connectivity index (χ1v) is 7.31. The average Bonchev–Trinajstić information content (AvgIpc) is 2.25. The van der Waals surface area contributed by atoms with Gasteiger partial charge in [0.2, 0.25) is 0 Å². The van der Waals surface area contributed by atoms with E-state index in [1.165, 1.54) is 0 Å². The lowest BCUT2D eigenvalue weighted by atomic mass is 10.3. The molecule has 0 saturated heterocycles. The van der Waals surface area contributed by atoms with Crippen LogP contribution in [0.2, 0.25) is 0 Å². The van der Waals surface area contributed by atoms with Crippen LogP contribution in [0.15, 0.2) is 0 Å². The van der Waals surface area contributed by atoms with E-state index < -0.39 is 12.2 Å². The third-order valence-corrected chi connectivity index (χ3v) is 3.79. The van der Waals surface area contributed by atoms with Crippen molar-refractivity contribution in [2.45, 2.75) is 12.2 Å². The SMILES string of the molecule is C[N+](C)(CC[N+](C)(C)CC(O)CCl)CC(O)CCl. The van der Waals surface area contributed by atoms with Crippen molar-refractivity contribution in [1.29, 1.82) is 0 Å². The Morgan fingerprint density at radius 2 is 1.06 bits per heavy atom. The zero-order chi connectivity index (χ0) is 14.4. The second-order valence-electron chi connectivity index (χ2n) is 6.30. The van der Waals surface area contributed by atoms with Crippen LogP contribution >= 0.6 is 23.2 Å². The lowest BCUT2D eigenvalue weighted by molar-refractivity contribution is -0.948. The molecule has 0 aromatic heterocycles. The predicted molar refractivity (Wildman–Crippen MR) is 77.1 cm³/mol. The molecule has 110 valence electrons. The van der Waals surface area contributed by atoms with E-state index in [2.05, 4.69) is 28.2 Å². The van der Waals surface area contributed by atoms with Gasteiger partial charge in [0, 0.05) is 0 Å². The number of halogens is 2. The van der Waals surface area contributed by atoms with Crippen molar-refractivity contribution in [3.63, 3.8) is 0 Å². The third kappa shape index (κ3) is 8.51. The fourth-order valence-corrected chi connectivity index (χ4v) is 2.16. The number of aliphatic hydroxyl groups excluding tert-OH is 2. The molecule has 6 heteroatoms. The molecule has 4 nitrogen and oxygen atoms in total. The number of likely N-dealkylation sites (N-methyl/N-ethyl adjacent to an activating group) is 2. The normalized spacial score (nSPS) is 16.7. The van der Waals surface area contributed by atoms with Gasteiger partial charge in [-0.1, -0.05) is 0 Å². The summed E-state index contributed by atoms with van der Waals surface area (Å²) in [6.45, 7) is 3.11. The predicted octanol–water partition coefficient (Wildman–Crippen LogP) is 0.339. The van der Waals surface area contributed by atoms with Crippen LogP contribution in [-0.4, -0.2) is 97.5 Å². The largest absolute Gasteiger partial charge is 0.386 e. The van der Waals surface area contributed by atoms with E-state index in [1.807, 2.05) is 0 Å². The molecule has 0 heterocycles. The summed E-state index contributed by atoms with van der Waals surface area (Å²) in [6, 6.07) is 0. The lowest BCUT2D eigenvalue weighted by Gasteiger charge is -2.37. The van der Waals surface area contributed by atoms with Gasteiger partial charge in [-0.2, -0.15) is 0 Å². The maximum Gasteiger partial charge on any atom is 0.128 e. The molecule has 2 unspecified atom stereocenters. The molecule has 0 amide bonds. The Hall–Kier alpha value is 0.420. The Bertz CT molecular complexity index is 214. The highest BCUT2D eigenvalue weighted by Gasteiger charge is 2.26. The van der Waals surface area contributed by atoms with Gasteiger partial charge in [0.05, 0.1) is 40.0 Å². The first kappa shape index (κ1) is 18.4. The number of aliphatic hydroxyl groups is 2. The number of rotatable bonds is 9. The number of alkyl halides is 2. The van der Waals surface area contributed by atoms with Gasteiger partial charge in [-0.25, -0.2) is 0 Å². The summed E-state index contributed by atoms with van der Waals surface area (Å²) in [5.41, 5.74) is 0. The summed E-state index contributed by atoms with van der Waals surface area (Å²) in [5, 5.41) is 19.2. The Balaban J connectivity index is 4.20. The first-order chi connectivity index (χ1) is 8.12. The molecule has 0 aliphatic carbocycles. The van der Waals surface area contributed by atoms with Crippen LogP contribution in [0.5, 0.6) is 0 Å². The Morgan fingerprint density at radius 3 is 1.28 bits per heavy atom. The molecule has 0 rings (SSSR count). The van der Waals surface area contributed by atoms with E-state index in [0.717, 1.165) is 13.1 Å². The molecule has 0 aliphatic heterocycles. The third-order valence-electron chi connectivity index (χ3n) is 3.08. The maximum atomic E-state index is 9.60. The van der Waals surface area contributed by atoms with Gasteiger partial charge in [0.15, 0.2) is 0 Å². The smallest absolute Gasteiger partial charge is 0.128 e. The van der Waals surface area contributed by atoms with Gasteiger partial charge >= 0.3 is 0 Å². The number of hydrogen-bond donors (Lipinski definition) is 2. The second-order valence-corrected chi connectivity index (χ2v) is 6.92. The molecule has 0 spiro atoms. The minimum absolute atomic E-state index is 0.269.